The quantitative estimate of drug-likeness (QED) is 0.409. The van der Waals surface area contributed by atoms with E-state index < -0.39 is 12.1 Å². The van der Waals surface area contributed by atoms with Gasteiger partial charge in [0.25, 0.3) is 5.91 Å². The van der Waals surface area contributed by atoms with Crippen molar-refractivity contribution in [2.75, 3.05) is 45.9 Å². The van der Waals surface area contributed by atoms with Gasteiger partial charge in [-0.15, -0.1) is 0 Å². The normalized spacial score (nSPS) is 13.2. The van der Waals surface area contributed by atoms with Gasteiger partial charge >= 0.3 is 12.1 Å². The molecule has 5 amide bonds. The van der Waals surface area contributed by atoms with Crippen LogP contribution in [0, 0.1) is 6.92 Å². The summed E-state index contributed by atoms with van der Waals surface area (Å²) in [6, 6.07) is 12.5. The maximum absolute atomic E-state index is 12.6. The SMILES string of the molecule is Cc1cc(NC(=O)Nc2ccncc2NC(=O)Nc2ccc(Cl)cc2)ccc1N1CCOCC1=O. The Hall–Kier alpha value is -4.15. The maximum Gasteiger partial charge on any atom is 0.323 e. The lowest BCUT2D eigenvalue weighted by Crippen LogP contribution is -2.42. The zero-order chi connectivity index (χ0) is 24.8. The number of nitrogens with one attached hydrogen (secondary N) is 4. The van der Waals surface area contributed by atoms with Crippen molar-refractivity contribution in [2.45, 2.75) is 6.92 Å². The molecule has 1 saturated heterocycles. The van der Waals surface area contributed by atoms with Crippen LogP contribution in [0.25, 0.3) is 0 Å². The van der Waals surface area contributed by atoms with Crippen LogP contribution < -0.4 is 26.2 Å². The van der Waals surface area contributed by atoms with Crippen molar-refractivity contribution in [1.29, 1.82) is 0 Å². The second-order valence-corrected chi connectivity index (χ2v) is 8.12. The monoisotopic (exact) mass is 494 g/mol. The van der Waals surface area contributed by atoms with E-state index in [2.05, 4.69) is 26.3 Å². The molecule has 0 aliphatic carbocycles. The molecule has 11 heteroatoms. The number of aryl methyl sites for hydroxylation is 1. The van der Waals surface area contributed by atoms with Gasteiger partial charge in [-0.1, -0.05) is 11.6 Å². The number of anilines is 5. The van der Waals surface area contributed by atoms with Crippen LogP contribution in [0.1, 0.15) is 5.56 Å². The van der Waals surface area contributed by atoms with Gasteiger partial charge in [0, 0.05) is 34.8 Å². The van der Waals surface area contributed by atoms with Crippen molar-refractivity contribution in [3.05, 3.63) is 71.5 Å². The molecular formula is C24H23ClN6O4. The molecule has 1 aromatic heterocycles. The topological polar surface area (TPSA) is 125 Å². The highest BCUT2D eigenvalue weighted by molar-refractivity contribution is 6.30. The molecule has 1 aliphatic heterocycles. The van der Waals surface area contributed by atoms with Crippen LogP contribution in [0.5, 0.6) is 0 Å². The Morgan fingerprint density at radius 3 is 2.34 bits per heavy atom. The molecule has 0 spiro atoms. The number of pyridine rings is 1. The molecule has 0 radical (unpaired) electrons. The van der Waals surface area contributed by atoms with E-state index in [4.69, 9.17) is 16.3 Å². The summed E-state index contributed by atoms with van der Waals surface area (Å²) in [5.41, 5.74) is 3.39. The number of carbonyl (C=O) groups excluding carboxylic acids is 3. The zero-order valence-corrected chi connectivity index (χ0v) is 19.6. The third-order valence-electron chi connectivity index (χ3n) is 5.15. The predicted octanol–water partition coefficient (Wildman–Crippen LogP) is 4.69. The van der Waals surface area contributed by atoms with Crippen molar-refractivity contribution >= 4 is 58.0 Å². The van der Waals surface area contributed by atoms with Crippen LogP contribution in [0.15, 0.2) is 60.9 Å². The van der Waals surface area contributed by atoms with Crippen LogP contribution in [0.3, 0.4) is 0 Å². The molecule has 4 rings (SSSR count). The van der Waals surface area contributed by atoms with E-state index in [-0.39, 0.29) is 12.5 Å². The van der Waals surface area contributed by atoms with Crippen LogP contribution >= 0.6 is 11.6 Å². The number of hydrogen-bond acceptors (Lipinski definition) is 5. The number of amides is 5. The van der Waals surface area contributed by atoms with Gasteiger partial charge in [0.05, 0.1) is 24.2 Å². The molecule has 180 valence electrons. The summed E-state index contributed by atoms with van der Waals surface area (Å²) >= 11 is 5.86. The predicted molar refractivity (Wildman–Crippen MR) is 135 cm³/mol. The fourth-order valence-electron chi connectivity index (χ4n) is 3.51. The van der Waals surface area contributed by atoms with Gasteiger partial charge in [-0.2, -0.15) is 0 Å². The number of nitrogens with zero attached hydrogens (tertiary/aromatic N) is 2. The highest BCUT2D eigenvalue weighted by Gasteiger charge is 2.21. The van der Waals surface area contributed by atoms with Crippen molar-refractivity contribution in [1.82, 2.24) is 4.98 Å². The number of aromatic nitrogens is 1. The summed E-state index contributed by atoms with van der Waals surface area (Å²) in [6.45, 7) is 2.89. The summed E-state index contributed by atoms with van der Waals surface area (Å²) in [6.07, 6.45) is 2.92. The number of benzene rings is 2. The Balaban J connectivity index is 1.38. The first-order chi connectivity index (χ1) is 16.9. The second kappa shape index (κ2) is 10.9. The summed E-state index contributed by atoms with van der Waals surface area (Å²) < 4.78 is 5.18. The van der Waals surface area contributed by atoms with E-state index in [1.807, 2.05) is 6.92 Å². The number of hydrogen-bond donors (Lipinski definition) is 4. The minimum atomic E-state index is -0.507. The van der Waals surface area contributed by atoms with Crippen LogP contribution in [-0.2, 0) is 9.53 Å². The fraction of sp³-hybridized carbons (Fsp3) is 0.167. The molecule has 1 aliphatic rings. The number of halogens is 1. The van der Waals surface area contributed by atoms with E-state index >= 15 is 0 Å². The molecule has 10 nitrogen and oxygen atoms in total. The average Bonchev–Trinajstić information content (AvgIpc) is 2.82. The van der Waals surface area contributed by atoms with Gasteiger partial charge in [-0.25, -0.2) is 9.59 Å². The first kappa shape index (κ1) is 24.0. The smallest absolute Gasteiger partial charge is 0.323 e. The fourth-order valence-corrected chi connectivity index (χ4v) is 3.64. The highest BCUT2D eigenvalue weighted by atomic mass is 35.5. The molecule has 2 heterocycles. The molecule has 0 bridgehead atoms. The van der Waals surface area contributed by atoms with E-state index in [1.54, 1.807) is 53.4 Å². The highest BCUT2D eigenvalue weighted by Crippen LogP contribution is 2.26. The van der Waals surface area contributed by atoms with Gasteiger partial charge in [0.15, 0.2) is 0 Å². The van der Waals surface area contributed by atoms with Crippen molar-refractivity contribution in [3.8, 4) is 0 Å². The Labute approximate surface area is 206 Å². The first-order valence-electron chi connectivity index (χ1n) is 10.7. The van der Waals surface area contributed by atoms with Crippen LogP contribution in [-0.4, -0.2) is 42.7 Å². The molecule has 0 saturated carbocycles. The molecule has 0 unspecified atom stereocenters. The lowest BCUT2D eigenvalue weighted by atomic mass is 10.1. The lowest BCUT2D eigenvalue weighted by Gasteiger charge is -2.28. The molecule has 2 aromatic carbocycles. The summed E-state index contributed by atoms with van der Waals surface area (Å²) in [4.78, 5) is 42.8. The second-order valence-electron chi connectivity index (χ2n) is 7.69. The number of morpholine rings is 1. The molecular weight excluding hydrogens is 472 g/mol. The minimum Gasteiger partial charge on any atom is -0.370 e. The molecule has 1 fully saturated rings. The van der Waals surface area contributed by atoms with Gasteiger partial charge < -0.3 is 30.9 Å². The maximum atomic E-state index is 12.6. The van der Waals surface area contributed by atoms with Crippen molar-refractivity contribution in [2.24, 2.45) is 0 Å². The lowest BCUT2D eigenvalue weighted by molar-refractivity contribution is -0.125. The molecule has 35 heavy (non-hydrogen) atoms. The molecule has 0 atom stereocenters. The standard InChI is InChI=1S/C24H23ClN6O4/c1-15-12-18(6-7-21(15)31-10-11-35-14-22(31)32)28-24(34)29-19-8-9-26-13-20(19)30-23(33)27-17-4-2-16(25)3-5-17/h2-9,12-13H,10-11,14H2,1H3,(H2,27,30,33)(H2,26,28,29,34). The molecule has 4 N–H and O–H groups in total. The van der Waals surface area contributed by atoms with Crippen LogP contribution in [0.2, 0.25) is 5.02 Å². The first-order valence-corrected chi connectivity index (χ1v) is 11.1. The zero-order valence-electron chi connectivity index (χ0n) is 18.8. The number of ether oxygens (including phenoxy) is 1. The van der Waals surface area contributed by atoms with E-state index in [1.165, 1.54) is 12.4 Å². The number of carbonyl (C=O) groups is 3. The van der Waals surface area contributed by atoms with Crippen LogP contribution in [0.4, 0.5) is 38.0 Å². The third-order valence-corrected chi connectivity index (χ3v) is 5.40. The van der Waals surface area contributed by atoms with E-state index in [0.717, 1.165) is 11.3 Å². The number of rotatable bonds is 5. The van der Waals surface area contributed by atoms with Gasteiger partial charge in [0.1, 0.15) is 6.61 Å². The molecule has 3 aromatic rings. The van der Waals surface area contributed by atoms with Crippen molar-refractivity contribution < 1.29 is 19.1 Å². The summed E-state index contributed by atoms with van der Waals surface area (Å²) in [5.74, 6) is -0.101. The largest absolute Gasteiger partial charge is 0.370 e. The van der Waals surface area contributed by atoms with Gasteiger partial charge in [0.2, 0.25) is 0 Å². The van der Waals surface area contributed by atoms with Gasteiger partial charge in [-0.3, -0.25) is 9.78 Å². The Morgan fingerprint density at radius 2 is 1.63 bits per heavy atom. The van der Waals surface area contributed by atoms with Gasteiger partial charge in [-0.05, 0) is 61.0 Å². The van der Waals surface area contributed by atoms with Crippen molar-refractivity contribution in [3.63, 3.8) is 0 Å². The van der Waals surface area contributed by atoms with E-state index in [0.29, 0.717) is 40.9 Å². The Kier molecular flexibility index (Phi) is 7.44. The third kappa shape index (κ3) is 6.25. The minimum absolute atomic E-state index is 0.0574. The summed E-state index contributed by atoms with van der Waals surface area (Å²) in [7, 11) is 0. The Morgan fingerprint density at radius 1 is 0.943 bits per heavy atom. The average molecular weight is 495 g/mol. The summed E-state index contributed by atoms with van der Waals surface area (Å²) in [5, 5.41) is 11.4. The Bertz CT molecular complexity index is 1250. The van der Waals surface area contributed by atoms with E-state index in [9.17, 15) is 14.4 Å². The number of urea groups is 2.